The smallest absolute Gasteiger partial charge is 0.256 e. The minimum atomic E-state index is -0.0972. The molecule has 0 aliphatic rings. The summed E-state index contributed by atoms with van der Waals surface area (Å²) in [7, 11) is 0. The summed E-state index contributed by atoms with van der Waals surface area (Å²) in [5.41, 5.74) is 1.44. The fourth-order valence-corrected chi connectivity index (χ4v) is 2.73. The van der Waals surface area contributed by atoms with E-state index in [0.717, 1.165) is 13.9 Å². The molecule has 82 valence electrons. The van der Waals surface area contributed by atoms with Gasteiger partial charge in [0.05, 0.1) is 9.35 Å². The van der Waals surface area contributed by atoms with Gasteiger partial charge >= 0.3 is 0 Å². The molecule has 0 bridgehead atoms. The number of hydrogen-bond acceptors (Lipinski definition) is 2. The Morgan fingerprint density at radius 1 is 1.25 bits per heavy atom. The van der Waals surface area contributed by atoms with Gasteiger partial charge in [0.1, 0.15) is 0 Å². The Labute approximate surface area is 114 Å². The number of amides is 1. The third kappa shape index (κ3) is 2.93. The molecule has 0 fully saturated rings. The van der Waals surface area contributed by atoms with Crippen molar-refractivity contribution in [1.29, 1.82) is 0 Å². The maximum atomic E-state index is 11.8. The fourth-order valence-electron chi connectivity index (χ4n) is 1.20. The van der Waals surface area contributed by atoms with Gasteiger partial charge in [-0.15, -0.1) is 11.3 Å². The summed E-state index contributed by atoms with van der Waals surface area (Å²) >= 11 is 8.18. The number of halogens is 2. The van der Waals surface area contributed by atoms with Crippen LogP contribution in [-0.4, -0.2) is 5.91 Å². The van der Waals surface area contributed by atoms with Gasteiger partial charge in [-0.1, -0.05) is 22.0 Å². The van der Waals surface area contributed by atoms with Crippen LogP contribution in [0.3, 0.4) is 0 Å². The van der Waals surface area contributed by atoms with E-state index in [0.29, 0.717) is 5.56 Å². The van der Waals surface area contributed by atoms with Crippen molar-refractivity contribution in [3.05, 3.63) is 49.5 Å². The van der Waals surface area contributed by atoms with Crippen LogP contribution in [0.15, 0.2) is 44.0 Å². The van der Waals surface area contributed by atoms with Gasteiger partial charge < -0.3 is 5.32 Å². The van der Waals surface area contributed by atoms with Gasteiger partial charge in [0.2, 0.25) is 0 Å². The summed E-state index contributed by atoms with van der Waals surface area (Å²) in [5, 5.41) is 4.65. The molecule has 0 radical (unpaired) electrons. The van der Waals surface area contributed by atoms with Crippen molar-refractivity contribution < 1.29 is 4.79 Å². The van der Waals surface area contributed by atoms with Crippen LogP contribution < -0.4 is 5.32 Å². The maximum absolute atomic E-state index is 11.8. The van der Waals surface area contributed by atoms with Gasteiger partial charge in [-0.05, 0) is 40.2 Å². The predicted octanol–water partition coefficient (Wildman–Crippen LogP) is 4.53. The largest absolute Gasteiger partial charge is 0.322 e. The molecule has 2 aromatic rings. The van der Waals surface area contributed by atoms with Gasteiger partial charge in [-0.25, -0.2) is 0 Å². The van der Waals surface area contributed by atoms with Gasteiger partial charge in [0.15, 0.2) is 0 Å². The van der Waals surface area contributed by atoms with Gasteiger partial charge in [0, 0.05) is 15.5 Å². The second-order valence-electron chi connectivity index (χ2n) is 3.10. The van der Waals surface area contributed by atoms with Crippen molar-refractivity contribution >= 4 is 54.8 Å². The van der Waals surface area contributed by atoms with Crippen LogP contribution in [0.4, 0.5) is 5.69 Å². The number of rotatable bonds is 2. The number of benzene rings is 1. The van der Waals surface area contributed by atoms with Crippen LogP contribution in [-0.2, 0) is 0 Å². The summed E-state index contributed by atoms with van der Waals surface area (Å²) in [6, 6.07) is 9.31. The average molecular weight is 361 g/mol. The van der Waals surface area contributed by atoms with Crippen LogP contribution in [0.2, 0.25) is 0 Å². The average Bonchev–Trinajstić information content (AvgIpc) is 2.65. The normalized spacial score (nSPS) is 10.1. The molecule has 1 aromatic heterocycles. The molecule has 16 heavy (non-hydrogen) atoms. The first kappa shape index (κ1) is 11.8. The highest BCUT2D eigenvalue weighted by atomic mass is 79.9. The topological polar surface area (TPSA) is 29.1 Å². The maximum Gasteiger partial charge on any atom is 0.256 e. The standard InChI is InChI=1S/C11H7Br2NOS/c12-8-2-1-3-9(5-8)14-11(15)7-4-10(13)16-6-7/h1-6H,(H,14,15). The Balaban J connectivity index is 2.13. The van der Waals surface area contributed by atoms with E-state index in [2.05, 4.69) is 37.2 Å². The third-order valence-corrected chi connectivity index (χ3v) is 3.91. The molecule has 1 aromatic carbocycles. The number of hydrogen-bond donors (Lipinski definition) is 1. The molecular formula is C11H7Br2NOS. The Bertz CT molecular complexity index is 524. The zero-order valence-electron chi connectivity index (χ0n) is 8.04. The highest BCUT2D eigenvalue weighted by Crippen LogP contribution is 2.22. The van der Waals surface area contributed by atoms with E-state index in [4.69, 9.17) is 0 Å². The van der Waals surface area contributed by atoms with Crippen molar-refractivity contribution in [1.82, 2.24) is 0 Å². The molecule has 2 nitrogen and oxygen atoms in total. The number of thiophene rings is 1. The van der Waals surface area contributed by atoms with E-state index in [1.807, 2.05) is 29.6 Å². The van der Waals surface area contributed by atoms with Crippen molar-refractivity contribution in [2.24, 2.45) is 0 Å². The van der Waals surface area contributed by atoms with Crippen LogP contribution in [0, 0.1) is 0 Å². The van der Waals surface area contributed by atoms with Gasteiger partial charge in [-0.2, -0.15) is 0 Å². The third-order valence-electron chi connectivity index (χ3n) is 1.91. The van der Waals surface area contributed by atoms with Gasteiger partial charge in [-0.3, -0.25) is 4.79 Å². The summed E-state index contributed by atoms with van der Waals surface area (Å²) in [6.45, 7) is 0. The number of carbonyl (C=O) groups is 1. The fraction of sp³-hybridized carbons (Fsp3) is 0. The van der Waals surface area contributed by atoms with Crippen LogP contribution in [0.5, 0.6) is 0 Å². The summed E-state index contributed by atoms with van der Waals surface area (Å²) in [4.78, 5) is 11.8. The second-order valence-corrected chi connectivity index (χ2v) is 6.31. The molecule has 0 aliphatic carbocycles. The predicted molar refractivity (Wildman–Crippen MR) is 74.1 cm³/mol. The molecule has 0 aliphatic heterocycles. The highest BCUT2D eigenvalue weighted by Gasteiger charge is 2.07. The molecule has 2 rings (SSSR count). The Kier molecular flexibility index (Phi) is 3.78. The second kappa shape index (κ2) is 5.12. The number of anilines is 1. The van der Waals surface area contributed by atoms with E-state index in [1.54, 1.807) is 6.07 Å². The minimum Gasteiger partial charge on any atom is -0.322 e. The van der Waals surface area contributed by atoms with E-state index in [1.165, 1.54) is 11.3 Å². The quantitative estimate of drug-likeness (QED) is 0.837. The minimum absolute atomic E-state index is 0.0972. The molecule has 1 N–H and O–H groups in total. The lowest BCUT2D eigenvalue weighted by molar-refractivity contribution is 0.102. The SMILES string of the molecule is O=C(Nc1cccc(Br)c1)c1csc(Br)c1. The Morgan fingerprint density at radius 2 is 2.06 bits per heavy atom. The molecule has 0 spiro atoms. The van der Waals surface area contributed by atoms with Crippen molar-refractivity contribution in [3.8, 4) is 0 Å². The first-order valence-corrected chi connectivity index (χ1v) is 6.92. The van der Waals surface area contributed by atoms with Gasteiger partial charge in [0.25, 0.3) is 5.91 Å². The molecule has 0 unspecified atom stereocenters. The molecule has 0 saturated carbocycles. The van der Waals surface area contributed by atoms with E-state index in [-0.39, 0.29) is 5.91 Å². The van der Waals surface area contributed by atoms with E-state index in [9.17, 15) is 4.79 Å². The van der Waals surface area contributed by atoms with Crippen molar-refractivity contribution in [2.45, 2.75) is 0 Å². The molecular weight excluding hydrogens is 354 g/mol. The molecule has 1 heterocycles. The lowest BCUT2D eigenvalue weighted by Crippen LogP contribution is -2.10. The number of nitrogens with one attached hydrogen (secondary N) is 1. The van der Waals surface area contributed by atoms with Crippen LogP contribution in [0.1, 0.15) is 10.4 Å². The number of carbonyl (C=O) groups excluding carboxylic acids is 1. The van der Waals surface area contributed by atoms with Crippen LogP contribution >= 0.6 is 43.2 Å². The molecule has 5 heteroatoms. The zero-order chi connectivity index (χ0) is 11.5. The lowest BCUT2D eigenvalue weighted by atomic mass is 10.3. The van der Waals surface area contributed by atoms with Crippen molar-refractivity contribution in [3.63, 3.8) is 0 Å². The first-order valence-electron chi connectivity index (χ1n) is 4.46. The van der Waals surface area contributed by atoms with E-state index >= 15 is 0 Å². The molecule has 1 amide bonds. The summed E-state index contributed by atoms with van der Waals surface area (Å²) < 4.78 is 1.89. The molecule has 0 atom stereocenters. The zero-order valence-corrected chi connectivity index (χ0v) is 12.0. The Hall–Kier alpha value is -0.650. The van der Waals surface area contributed by atoms with Crippen LogP contribution in [0.25, 0.3) is 0 Å². The summed E-state index contributed by atoms with van der Waals surface area (Å²) in [5.74, 6) is -0.0972. The summed E-state index contributed by atoms with van der Waals surface area (Å²) in [6.07, 6.45) is 0. The highest BCUT2D eigenvalue weighted by molar-refractivity contribution is 9.11. The monoisotopic (exact) mass is 359 g/mol. The lowest BCUT2D eigenvalue weighted by Gasteiger charge is -2.03. The molecule has 0 saturated heterocycles. The first-order chi connectivity index (χ1) is 7.65. The van der Waals surface area contributed by atoms with E-state index < -0.39 is 0 Å². The Morgan fingerprint density at radius 3 is 2.69 bits per heavy atom. The van der Waals surface area contributed by atoms with Crippen molar-refractivity contribution in [2.75, 3.05) is 5.32 Å².